The molecule has 0 amide bonds. The first kappa shape index (κ1) is 28.7. The lowest BCUT2D eigenvalue weighted by Crippen LogP contribution is -2.86. The third-order valence-electron chi connectivity index (χ3n) is 10.3. The summed E-state index contributed by atoms with van der Waals surface area (Å²) < 4.78 is 12.4. The van der Waals surface area contributed by atoms with E-state index in [-0.39, 0.29) is 12.8 Å². The third-order valence-corrected chi connectivity index (χ3v) is 10.3. The van der Waals surface area contributed by atoms with Gasteiger partial charge in [-0.05, 0) is 71.0 Å². The number of esters is 1. The fourth-order valence-electron chi connectivity index (χ4n) is 8.31. The Morgan fingerprint density at radius 1 is 1.16 bits per heavy atom. The lowest BCUT2D eigenvalue weighted by atomic mass is 9.40. The highest BCUT2D eigenvalue weighted by Crippen LogP contribution is 2.67. The van der Waals surface area contributed by atoms with Crippen LogP contribution in [0.5, 0.6) is 0 Å². The summed E-state index contributed by atoms with van der Waals surface area (Å²) in [5.74, 6) is -1.70. The van der Waals surface area contributed by atoms with Crippen LogP contribution in [0.15, 0.2) is 12.7 Å². The molecule has 0 spiro atoms. The highest BCUT2D eigenvalue weighted by molar-refractivity contribution is 5.92. The third kappa shape index (κ3) is 4.31. The molecule has 4 aliphatic rings. The maximum Gasteiger partial charge on any atom is 0.306 e. The second-order valence-corrected chi connectivity index (χ2v) is 13.2. The molecule has 2 heterocycles. The van der Waals surface area contributed by atoms with Crippen molar-refractivity contribution in [2.45, 2.75) is 121 Å². The van der Waals surface area contributed by atoms with E-state index in [0.717, 1.165) is 19.6 Å². The second-order valence-electron chi connectivity index (χ2n) is 13.2. The fraction of sp³-hybridized carbons (Fsp3) is 0.862. The van der Waals surface area contributed by atoms with Gasteiger partial charge in [-0.2, -0.15) is 0 Å². The predicted octanol–water partition coefficient (Wildman–Crippen LogP) is 2.77. The number of ketones is 1. The molecule has 0 radical (unpaired) electrons. The summed E-state index contributed by atoms with van der Waals surface area (Å²) in [6, 6.07) is 0. The van der Waals surface area contributed by atoms with E-state index in [0.29, 0.717) is 19.3 Å². The lowest BCUT2D eigenvalue weighted by molar-refractivity contribution is -0.370. The number of piperidine rings is 1. The summed E-state index contributed by atoms with van der Waals surface area (Å²) >= 11 is 0. The number of rotatable bonds is 6. The van der Waals surface area contributed by atoms with Gasteiger partial charge < -0.3 is 29.7 Å². The molecule has 0 aromatic heterocycles. The average Bonchev–Trinajstić information content (AvgIpc) is 2.83. The molecule has 0 aromatic carbocycles. The Balaban J connectivity index is 1.69. The number of hydrogen-bond acceptors (Lipinski definition) is 8. The molecule has 210 valence electrons. The van der Waals surface area contributed by atoms with E-state index < -0.39 is 63.6 Å². The van der Waals surface area contributed by atoms with Gasteiger partial charge >= 0.3 is 5.97 Å². The Hall–Kier alpha value is -1.32. The van der Waals surface area contributed by atoms with E-state index in [1.54, 1.807) is 13.8 Å². The van der Waals surface area contributed by atoms with Gasteiger partial charge in [0.1, 0.15) is 5.60 Å². The van der Waals surface area contributed by atoms with Gasteiger partial charge in [0.05, 0.1) is 17.8 Å². The van der Waals surface area contributed by atoms with Crippen molar-refractivity contribution < 1.29 is 34.4 Å². The molecule has 2 saturated carbocycles. The average molecular weight is 522 g/mol. The maximum absolute atomic E-state index is 13.9. The number of ether oxygens (including phenoxy) is 2. The van der Waals surface area contributed by atoms with Crippen molar-refractivity contribution in [3.63, 3.8) is 0 Å². The van der Waals surface area contributed by atoms with Crippen molar-refractivity contribution in [2.24, 2.45) is 16.7 Å². The molecule has 0 unspecified atom stereocenters. The van der Waals surface area contributed by atoms with Gasteiger partial charge in [-0.15, -0.1) is 6.58 Å². The Morgan fingerprint density at radius 2 is 1.81 bits per heavy atom. The molecular weight excluding hydrogens is 474 g/mol. The number of Topliss-reactive ketones (excluding diaryl/α,β-unsaturated/α-hetero) is 1. The molecule has 8 nitrogen and oxygen atoms in total. The highest BCUT2D eigenvalue weighted by atomic mass is 16.6. The molecular formula is C29H47NO7. The van der Waals surface area contributed by atoms with Crippen LogP contribution in [-0.2, 0) is 19.1 Å². The number of aliphatic hydroxyl groups is 3. The minimum absolute atomic E-state index is 0.134. The van der Waals surface area contributed by atoms with Crippen molar-refractivity contribution in [1.82, 2.24) is 4.90 Å². The van der Waals surface area contributed by atoms with Gasteiger partial charge in [-0.25, -0.2) is 0 Å². The van der Waals surface area contributed by atoms with Crippen LogP contribution in [0.2, 0.25) is 0 Å². The van der Waals surface area contributed by atoms with E-state index in [1.165, 1.54) is 32.3 Å². The molecule has 8 atom stereocenters. The quantitative estimate of drug-likeness (QED) is 0.361. The maximum atomic E-state index is 13.9. The fourth-order valence-corrected chi connectivity index (χ4v) is 8.31. The first-order valence-corrected chi connectivity index (χ1v) is 14.0. The summed E-state index contributed by atoms with van der Waals surface area (Å²) in [7, 11) is 0. The standard InChI is InChI=1S/C29H47NO7/c1-7-26(4)18-20(32)29(35)27(5)19(31)13-14-25(2,3)23(27)22(34)24(28(29,6)37-26)36-21(33)12-11-17-30-15-9-8-10-16-30/h7,19,22-24,31,34-35H,1,8-18H2,2-6H3/t19-,22-,23-,24-,26-,27-,28+,29-/m0/s1. The zero-order valence-electron chi connectivity index (χ0n) is 23.3. The van der Waals surface area contributed by atoms with Gasteiger partial charge in [0.2, 0.25) is 0 Å². The van der Waals surface area contributed by atoms with Crippen LogP contribution < -0.4 is 0 Å². The molecule has 2 aliphatic heterocycles. The molecule has 0 aromatic rings. The second kappa shape index (κ2) is 9.70. The smallest absolute Gasteiger partial charge is 0.306 e. The molecule has 2 aliphatic carbocycles. The van der Waals surface area contributed by atoms with Crippen LogP contribution >= 0.6 is 0 Å². The van der Waals surface area contributed by atoms with Crippen LogP contribution in [0.3, 0.4) is 0 Å². The van der Waals surface area contributed by atoms with Crippen LogP contribution in [0, 0.1) is 16.7 Å². The number of likely N-dealkylation sites (tertiary alicyclic amines) is 1. The van der Waals surface area contributed by atoms with Crippen molar-refractivity contribution in [3.8, 4) is 0 Å². The number of fused-ring (bicyclic) bond motifs is 3. The van der Waals surface area contributed by atoms with Gasteiger partial charge in [-0.3, -0.25) is 9.59 Å². The SMILES string of the molecule is C=C[C@@]1(C)CC(=O)[C@]2(O)[C@@]3(C)[C@@H](O)CCC(C)(C)[C@@H]3[C@H](O)[C@H](OC(=O)CCCN3CCCCC3)[C@@]2(C)O1. The minimum Gasteiger partial charge on any atom is -0.456 e. The van der Waals surface area contributed by atoms with E-state index in [4.69, 9.17) is 9.47 Å². The molecule has 3 N–H and O–H groups in total. The summed E-state index contributed by atoms with van der Waals surface area (Å²) in [6.07, 6.45) is 3.10. The predicted molar refractivity (Wildman–Crippen MR) is 139 cm³/mol. The normalized spacial score (nSPS) is 46.0. The van der Waals surface area contributed by atoms with E-state index in [1.807, 2.05) is 13.8 Å². The molecule has 4 fully saturated rings. The Labute approximate surface area is 221 Å². The van der Waals surface area contributed by atoms with Crippen LogP contribution in [0.25, 0.3) is 0 Å². The molecule has 8 heteroatoms. The zero-order chi connectivity index (χ0) is 27.4. The number of nitrogens with zero attached hydrogens (tertiary/aromatic N) is 1. The van der Waals surface area contributed by atoms with Gasteiger partial charge in [0.25, 0.3) is 0 Å². The first-order valence-electron chi connectivity index (χ1n) is 14.0. The molecule has 2 saturated heterocycles. The molecule has 37 heavy (non-hydrogen) atoms. The van der Waals surface area contributed by atoms with Crippen molar-refractivity contribution in [2.75, 3.05) is 19.6 Å². The molecule has 0 bridgehead atoms. The highest BCUT2D eigenvalue weighted by Gasteiger charge is 2.81. The van der Waals surface area contributed by atoms with Crippen molar-refractivity contribution in [1.29, 1.82) is 0 Å². The number of aliphatic hydroxyl groups excluding tert-OH is 2. The number of carbonyl (C=O) groups is 2. The Morgan fingerprint density at radius 3 is 2.43 bits per heavy atom. The van der Waals surface area contributed by atoms with E-state index in [9.17, 15) is 24.9 Å². The Kier molecular flexibility index (Phi) is 7.52. The summed E-state index contributed by atoms with van der Waals surface area (Å²) in [6.45, 7) is 15.6. The summed E-state index contributed by atoms with van der Waals surface area (Å²) in [5, 5.41) is 35.7. The van der Waals surface area contributed by atoms with Crippen LogP contribution in [-0.4, -0.2) is 86.7 Å². The largest absolute Gasteiger partial charge is 0.456 e. The number of carbonyl (C=O) groups excluding carboxylic acids is 2. The monoisotopic (exact) mass is 521 g/mol. The zero-order valence-corrected chi connectivity index (χ0v) is 23.3. The first-order chi connectivity index (χ1) is 17.2. The van der Waals surface area contributed by atoms with Crippen LogP contribution in [0.4, 0.5) is 0 Å². The van der Waals surface area contributed by atoms with E-state index >= 15 is 0 Å². The lowest BCUT2D eigenvalue weighted by Gasteiger charge is -2.71. The molecule has 4 rings (SSSR count). The van der Waals surface area contributed by atoms with Gasteiger partial charge in [-0.1, -0.05) is 33.3 Å². The Bertz CT molecular complexity index is 916. The van der Waals surface area contributed by atoms with Gasteiger partial charge in [0.15, 0.2) is 17.5 Å². The summed E-state index contributed by atoms with van der Waals surface area (Å²) in [4.78, 5) is 29.4. The van der Waals surface area contributed by atoms with Crippen molar-refractivity contribution >= 4 is 11.8 Å². The van der Waals surface area contributed by atoms with Gasteiger partial charge in [0, 0.05) is 24.2 Å². The number of hydrogen-bond donors (Lipinski definition) is 3. The summed E-state index contributed by atoms with van der Waals surface area (Å²) in [5.41, 5.74) is -7.08. The van der Waals surface area contributed by atoms with Crippen LogP contribution in [0.1, 0.15) is 86.0 Å². The van der Waals surface area contributed by atoms with E-state index in [2.05, 4.69) is 11.5 Å². The van der Waals surface area contributed by atoms with Crippen molar-refractivity contribution in [3.05, 3.63) is 12.7 Å². The minimum atomic E-state index is -2.19. The topological polar surface area (TPSA) is 117 Å².